The van der Waals surface area contributed by atoms with Crippen molar-refractivity contribution in [1.82, 2.24) is 0 Å². The average Bonchev–Trinajstić information content (AvgIpc) is 2.18. The summed E-state index contributed by atoms with van der Waals surface area (Å²) in [5.41, 5.74) is 0. The smallest absolute Gasteiger partial charge is 0.176 e. The van der Waals surface area contributed by atoms with Gasteiger partial charge in [0.15, 0.2) is 12.4 Å². The molecule has 1 aromatic carbocycles. The van der Waals surface area contributed by atoms with Gasteiger partial charge in [0.25, 0.3) is 0 Å². The maximum atomic E-state index is 9.53. The van der Waals surface area contributed by atoms with Crippen molar-refractivity contribution in [2.75, 3.05) is 0 Å². The maximum absolute atomic E-state index is 9.53. The number of phenols is 1. The molecule has 14 heavy (non-hydrogen) atoms. The van der Waals surface area contributed by atoms with E-state index in [1.807, 2.05) is 30.6 Å². The molecule has 3 nitrogen and oxygen atoms in total. The van der Waals surface area contributed by atoms with E-state index in [0.29, 0.717) is 5.75 Å². The quantitative estimate of drug-likeness (QED) is 0.697. The second-order valence-electron chi connectivity index (χ2n) is 3.06. The van der Waals surface area contributed by atoms with Crippen LogP contribution in [0.25, 0.3) is 10.8 Å². The molecule has 2 rings (SSSR count). The van der Waals surface area contributed by atoms with Crippen molar-refractivity contribution in [3.05, 3.63) is 36.7 Å². The monoisotopic (exact) mass is 191 g/mol. The first kappa shape index (κ1) is 10.5. The molecule has 0 saturated carbocycles. The van der Waals surface area contributed by atoms with Crippen LogP contribution >= 0.6 is 0 Å². The van der Waals surface area contributed by atoms with Gasteiger partial charge < -0.3 is 10.6 Å². The minimum Gasteiger partial charge on any atom is -0.870 e. The Morgan fingerprint density at radius 3 is 2.79 bits per heavy atom. The maximum Gasteiger partial charge on any atom is 0.176 e. The minimum atomic E-state index is 0. The molecule has 1 heterocycles. The first-order valence-electron chi connectivity index (χ1n) is 4.42. The van der Waals surface area contributed by atoms with Crippen molar-refractivity contribution in [2.45, 2.75) is 13.5 Å². The van der Waals surface area contributed by atoms with Gasteiger partial charge in [-0.2, -0.15) is 0 Å². The summed E-state index contributed by atoms with van der Waals surface area (Å²) < 4.78 is 2.09. The normalized spacial score (nSPS) is 9.79. The second kappa shape index (κ2) is 4.07. The van der Waals surface area contributed by atoms with Crippen molar-refractivity contribution in [2.24, 2.45) is 0 Å². The van der Waals surface area contributed by atoms with Gasteiger partial charge in [-0.1, -0.05) is 6.07 Å². The summed E-state index contributed by atoms with van der Waals surface area (Å²) in [6.45, 7) is 3.04. The highest BCUT2D eigenvalue weighted by Crippen LogP contribution is 2.21. The average molecular weight is 191 g/mol. The number of aromatic nitrogens is 1. The van der Waals surface area contributed by atoms with E-state index < -0.39 is 0 Å². The molecule has 74 valence electrons. The third kappa shape index (κ3) is 1.67. The Hall–Kier alpha value is -1.61. The summed E-state index contributed by atoms with van der Waals surface area (Å²) in [7, 11) is 0. The summed E-state index contributed by atoms with van der Waals surface area (Å²) in [6, 6.07) is 7.51. The number of benzene rings is 1. The van der Waals surface area contributed by atoms with Gasteiger partial charge in [-0.15, -0.1) is 0 Å². The molecule has 2 aromatic rings. The molecular formula is C11H13NO2. The van der Waals surface area contributed by atoms with E-state index in [9.17, 15) is 5.11 Å². The summed E-state index contributed by atoms with van der Waals surface area (Å²) >= 11 is 0. The Labute approximate surface area is 82.5 Å². The van der Waals surface area contributed by atoms with Gasteiger partial charge in [-0.05, 0) is 19.1 Å². The topological polar surface area (TPSA) is 54.1 Å². The molecule has 3 heteroatoms. The lowest BCUT2D eigenvalue weighted by atomic mass is 10.1. The largest absolute Gasteiger partial charge is 0.870 e. The van der Waals surface area contributed by atoms with E-state index in [2.05, 4.69) is 11.5 Å². The molecule has 0 aliphatic rings. The Morgan fingerprint density at radius 1 is 1.29 bits per heavy atom. The first-order valence-corrected chi connectivity index (χ1v) is 4.42. The lowest BCUT2D eigenvalue weighted by Crippen LogP contribution is -2.30. The van der Waals surface area contributed by atoms with Crippen LogP contribution in [0.4, 0.5) is 0 Å². The van der Waals surface area contributed by atoms with Crippen molar-refractivity contribution in [3.63, 3.8) is 0 Å². The summed E-state index contributed by atoms with van der Waals surface area (Å²) in [4.78, 5) is 0. The molecule has 0 amide bonds. The standard InChI is InChI=1S/C11H11NO.H2O/c1-2-12-7-6-10-9(8-12)4-3-5-11(10)13;/h3-8H,2H2,1H3;1H2. The SMILES string of the molecule is CC[n+]1ccc2c(O)cccc2c1.[OH-]. The number of rotatable bonds is 1. The third-order valence-electron chi connectivity index (χ3n) is 2.22. The molecule has 1 aromatic heterocycles. The van der Waals surface area contributed by atoms with Crippen molar-refractivity contribution >= 4 is 10.8 Å². The Bertz CT molecular complexity index is 440. The van der Waals surface area contributed by atoms with Crippen LogP contribution in [0.15, 0.2) is 36.7 Å². The predicted molar refractivity (Wildman–Crippen MR) is 53.4 cm³/mol. The van der Waals surface area contributed by atoms with Gasteiger partial charge in [-0.3, -0.25) is 0 Å². The van der Waals surface area contributed by atoms with Crippen LogP contribution in [0.2, 0.25) is 0 Å². The van der Waals surface area contributed by atoms with Gasteiger partial charge in [0.2, 0.25) is 0 Å². The molecule has 0 bridgehead atoms. The molecule has 0 aliphatic heterocycles. The van der Waals surface area contributed by atoms with Crippen LogP contribution in [0, 0.1) is 0 Å². The minimum absolute atomic E-state index is 0. The van der Waals surface area contributed by atoms with E-state index in [-0.39, 0.29) is 5.48 Å². The fourth-order valence-corrected chi connectivity index (χ4v) is 1.45. The number of hydrogen-bond acceptors (Lipinski definition) is 2. The van der Waals surface area contributed by atoms with E-state index in [1.54, 1.807) is 6.07 Å². The van der Waals surface area contributed by atoms with Crippen LogP contribution < -0.4 is 4.57 Å². The zero-order chi connectivity index (χ0) is 9.26. The van der Waals surface area contributed by atoms with Gasteiger partial charge >= 0.3 is 0 Å². The second-order valence-corrected chi connectivity index (χ2v) is 3.06. The van der Waals surface area contributed by atoms with E-state index in [1.165, 1.54) is 0 Å². The highest BCUT2D eigenvalue weighted by Gasteiger charge is 2.02. The summed E-state index contributed by atoms with van der Waals surface area (Å²) in [5, 5.41) is 11.5. The highest BCUT2D eigenvalue weighted by atomic mass is 16.3. The summed E-state index contributed by atoms with van der Waals surface area (Å²) in [6.07, 6.45) is 4.01. The van der Waals surface area contributed by atoms with E-state index >= 15 is 0 Å². The molecule has 0 saturated heterocycles. The number of nitrogens with zero attached hydrogens (tertiary/aromatic N) is 1. The van der Waals surface area contributed by atoms with Gasteiger partial charge in [-0.25, -0.2) is 4.57 Å². The molecular weight excluding hydrogens is 178 g/mol. The van der Waals surface area contributed by atoms with Crippen LogP contribution in [0.1, 0.15) is 6.92 Å². The fraction of sp³-hybridized carbons (Fsp3) is 0.182. The van der Waals surface area contributed by atoms with E-state index in [0.717, 1.165) is 17.3 Å². The number of phenolic OH excluding ortho intramolecular Hbond substituents is 1. The number of hydrogen-bond donors (Lipinski definition) is 1. The molecule has 0 radical (unpaired) electrons. The molecule has 0 spiro atoms. The van der Waals surface area contributed by atoms with Gasteiger partial charge in [0, 0.05) is 16.8 Å². The lowest BCUT2D eigenvalue weighted by Gasteiger charge is -1.98. The highest BCUT2D eigenvalue weighted by molar-refractivity contribution is 5.86. The number of aromatic hydroxyl groups is 1. The van der Waals surface area contributed by atoms with Gasteiger partial charge in [0.1, 0.15) is 12.3 Å². The molecule has 0 fully saturated rings. The Morgan fingerprint density at radius 2 is 2.07 bits per heavy atom. The third-order valence-corrected chi connectivity index (χ3v) is 2.22. The number of fused-ring (bicyclic) bond motifs is 1. The number of aryl methyl sites for hydroxylation is 1. The molecule has 0 unspecified atom stereocenters. The van der Waals surface area contributed by atoms with Crippen molar-refractivity contribution in [1.29, 1.82) is 0 Å². The lowest BCUT2D eigenvalue weighted by molar-refractivity contribution is -0.692. The van der Waals surface area contributed by atoms with Crippen LogP contribution in [0.5, 0.6) is 5.75 Å². The van der Waals surface area contributed by atoms with Crippen LogP contribution in [-0.2, 0) is 6.54 Å². The van der Waals surface area contributed by atoms with Crippen molar-refractivity contribution < 1.29 is 15.1 Å². The fourth-order valence-electron chi connectivity index (χ4n) is 1.45. The zero-order valence-corrected chi connectivity index (χ0v) is 8.01. The predicted octanol–water partition coefficient (Wildman–Crippen LogP) is 1.68. The Balaban J connectivity index is 0.000000980. The van der Waals surface area contributed by atoms with Crippen LogP contribution in [0.3, 0.4) is 0 Å². The summed E-state index contributed by atoms with van der Waals surface area (Å²) in [5.74, 6) is 0.348. The zero-order valence-electron chi connectivity index (χ0n) is 8.01. The molecule has 2 N–H and O–H groups in total. The van der Waals surface area contributed by atoms with Crippen LogP contribution in [-0.4, -0.2) is 10.6 Å². The number of pyridine rings is 1. The Kier molecular flexibility index (Phi) is 3.04. The van der Waals surface area contributed by atoms with Gasteiger partial charge in [0.05, 0.1) is 0 Å². The van der Waals surface area contributed by atoms with E-state index in [4.69, 9.17) is 0 Å². The van der Waals surface area contributed by atoms with Crippen molar-refractivity contribution in [3.8, 4) is 5.75 Å². The molecule has 0 atom stereocenters. The molecule has 0 aliphatic carbocycles. The first-order chi connectivity index (χ1) is 6.31.